The first-order valence-corrected chi connectivity index (χ1v) is 10.4. The highest BCUT2D eigenvalue weighted by Crippen LogP contribution is 2.22. The van der Waals surface area contributed by atoms with Crippen LogP contribution in [-0.2, 0) is 10.0 Å². The lowest BCUT2D eigenvalue weighted by Gasteiger charge is -2.10. The Morgan fingerprint density at radius 2 is 1.61 bits per heavy atom. The zero-order chi connectivity index (χ0) is 20.7. The molecule has 0 fully saturated rings. The van der Waals surface area contributed by atoms with Crippen LogP contribution < -0.4 is 20.1 Å². The second-order valence-electron chi connectivity index (χ2n) is 5.81. The number of nitrogens with one attached hydrogen (secondary N) is 3. The molecule has 0 saturated heterocycles. The summed E-state index contributed by atoms with van der Waals surface area (Å²) in [6, 6.07) is 10.7. The van der Waals surface area contributed by atoms with E-state index in [4.69, 9.17) is 16.3 Å². The Bertz CT molecular complexity index is 962. The number of carbonyl (C=O) groups excluding carboxylic acids is 2. The molecule has 28 heavy (non-hydrogen) atoms. The molecular weight excluding hydrogens is 406 g/mol. The van der Waals surface area contributed by atoms with E-state index in [0.29, 0.717) is 27.6 Å². The molecule has 0 aliphatic rings. The topological polar surface area (TPSA) is 114 Å². The molecule has 0 bridgehead atoms. The third-order valence-electron chi connectivity index (χ3n) is 3.55. The standard InChI is InChI=1S/C18H20ClN3O5S/c1-27-16-8-5-13(19)11-15(16)18(24)21-10-9-20-17(23)12-3-6-14(7-4-12)22-28(2,25)26/h3-8,11,22H,9-10H2,1-2H3,(H,20,23)(H,21,24). The normalized spacial score (nSPS) is 10.8. The van der Waals surface area contributed by atoms with E-state index in [1.54, 1.807) is 12.1 Å². The van der Waals surface area contributed by atoms with Gasteiger partial charge in [-0.2, -0.15) is 0 Å². The minimum absolute atomic E-state index is 0.202. The summed E-state index contributed by atoms with van der Waals surface area (Å²) in [6.45, 7) is 0.407. The summed E-state index contributed by atoms with van der Waals surface area (Å²) < 4.78 is 29.8. The van der Waals surface area contributed by atoms with Gasteiger partial charge in [0.15, 0.2) is 0 Å². The third kappa shape index (κ3) is 6.43. The highest BCUT2D eigenvalue weighted by atomic mass is 35.5. The fourth-order valence-electron chi connectivity index (χ4n) is 2.31. The molecule has 0 atom stereocenters. The first-order valence-electron chi connectivity index (χ1n) is 8.17. The number of ether oxygens (including phenoxy) is 1. The summed E-state index contributed by atoms with van der Waals surface area (Å²) in [7, 11) is -1.92. The molecule has 0 aromatic heterocycles. The fraction of sp³-hybridized carbons (Fsp3) is 0.222. The number of amides is 2. The lowest BCUT2D eigenvalue weighted by molar-refractivity contribution is 0.0926. The molecule has 2 aromatic rings. The zero-order valence-electron chi connectivity index (χ0n) is 15.3. The van der Waals surface area contributed by atoms with Crippen molar-refractivity contribution in [3.63, 3.8) is 0 Å². The number of benzene rings is 2. The Morgan fingerprint density at radius 1 is 1.00 bits per heavy atom. The van der Waals surface area contributed by atoms with Crippen molar-refractivity contribution in [2.75, 3.05) is 31.2 Å². The second kappa shape index (κ2) is 9.43. The van der Waals surface area contributed by atoms with Gasteiger partial charge < -0.3 is 15.4 Å². The zero-order valence-corrected chi connectivity index (χ0v) is 16.9. The van der Waals surface area contributed by atoms with E-state index in [9.17, 15) is 18.0 Å². The van der Waals surface area contributed by atoms with Gasteiger partial charge in [0.2, 0.25) is 10.0 Å². The number of methoxy groups -OCH3 is 1. The Hall–Kier alpha value is -2.78. The number of anilines is 1. The van der Waals surface area contributed by atoms with Crippen molar-refractivity contribution in [1.82, 2.24) is 10.6 Å². The van der Waals surface area contributed by atoms with Crippen molar-refractivity contribution >= 4 is 39.1 Å². The van der Waals surface area contributed by atoms with Crippen LogP contribution in [0, 0.1) is 0 Å². The van der Waals surface area contributed by atoms with E-state index in [0.717, 1.165) is 6.26 Å². The first-order chi connectivity index (χ1) is 13.2. The van der Waals surface area contributed by atoms with Gasteiger partial charge >= 0.3 is 0 Å². The molecule has 3 N–H and O–H groups in total. The summed E-state index contributed by atoms with van der Waals surface area (Å²) in [4.78, 5) is 24.3. The van der Waals surface area contributed by atoms with E-state index in [1.165, 1.54) is 37.4 Å². The molecule has 0 saturated carbocycles. The lowest BCUT2D eigenvalue weighted by Crippen LogP contribution is -2.34. The van der Waals surface area contributed by atoms with Crippen molar-refractivity contribution in [2.24, 2.45) is 0 Å². The average molecular weight is 426 g/mol. The average Bonchev–Trinajstić information content (AvgIpc) is 2.64. The second-order valence-corrected chi connectivity index (χ2v) is 7.99. The number of hydrogen-bond acceptors (Lipinski definition) is 5. The molecular formula is C18H20ClN3O5S. The number of carbonyl (C=O) groups is 2. The van der Waals surface area contributed by atoms with E-state index >= 15 is 0 Å². The molecule has 2 aromatic carbocycles. The van der Waals surface area contributed by atoms with Crippen LogP contribution in [0.4, 0.5) is 5.69 Å². The quantitative estimate of drug-likeness (QED) is 0.559. The molecule has 10 heteroatoms. The molecule has 0 heterocycles. The number of rotatable bonds is 8. The van der Waals surface area contributed by atoms with Crippen molar-refractivity contribution in [2.45, 2.75) is 0 Å². The minimum atomic E-state index is -3.37. The summed E-state index contributed by atoms with van der Waals surface area (Å²) in [5.74, 6) is -0.320. The maximum Gasteiger partial charge on any atom is 0.255 e. The van der Waals surface area contributed by atoms with E-state index in [1.807, 2.05) is 0 Å². The van der Waals surface area contributed by atoms with Gasteiger partial charge in [0.05, 0.1) is 18.9 Å². The predicted molar refractivity (Wildman–Crippen MR) is 108 cm³/mol. The molecule has 0 aliphatic heterocycles. The van der Waals surface area contributed by atoms with Gasteiger partial charge in [-0.25, -0.2) is 8.42 Å². The smallest absolute Gasteiger partial charge is 0.255 e. The van der Waals surface area contributed by atoms with Crippen LogP contribution in [0.15, 0.2) is 42.5 Å². The van der Waals surface area contributed by atoms with Gasteiger partial charge in [-0.3, -0.25) is 14.3 Å². The van der Waals surface area contributed by atoms with E-state index < -0.39 is 10.0 Å². The van der Waals surface area contributed by atoms with Crippen LogP contribution >= 0.6 is 11.6 Å². The Morgan fingerprint density at radius 3 is 2.18 bits per heavy atom. The largest absolute Gasteiger partial charge is 0.496 e. The highest BCUT2D eigenvalue weighted by molar-refractivity contribution is 7.92. The van der Waals surface area contributed by atoms with Gasteiger partial charge in [-0.15, -0.1) is 0 Å². The summed E-state index contributed by atoms with van der Waals surface area (Å²) >= 11 is 5.90. The van der Waals surface area contributed by atoms with Crippen molar-refractivity contribution in [3.05, 3.63) is 58.6 Å². The Balaban J connectivity index is 1.84. The molecule has 0 aliphatic carbocycles. The Labute approximate surface area is 168 Å². The lowest BCUT2D eigenvalue weighted by atomic mass is 10.2. The number of hydrogen-bond donors (Lipinski definition) is 3. The van der Waals surface area contributed by atoms with E-state index in [-0.39, 0.29) is 24.9 Å². The molecule has 8 nitrogen and oxygen atoms in total. The highest BCUT2D eigenvalue weighted by Gasteiger charge is 2.13. The monoisotopic (exact) mass is 425 g/mol. The van der Waals surface area contributed by atoms with Crippen LogP contribution in [0.2, 0.25) is 5.02 Å². The molecule has 0 radical (unpaired) electrons. The van der Waals surface area contributed by atoms with Gasteiger partial charge in [0, 0.05) is 29.4 Å². The van der Waals surface area contributed by atoms with Gasteiger partial charge in [-0.05, 0) is 42.5 Å². The fourth-order valence-corrected chi connectivity index (χ4v) is 3.05. The number of sulfonamides is 1. The van der Waals surface area contributed by atoms with Gasteiger partial charge in [-0.1, -0.05) is 11.6 Å². The van der Waals surface area contributed by atoms with Crippen LogP contribution in [0.3, 0.4) is 0 Å². The summed E-state index contributed by atoms with van der Waals surface area (Å²) in [5, 5.41) is 5.75. The van der Waals surface area contributed by atoms with Crippen LogP contribution in [0.5, 0.6) is 5.75 Å². The van der Waals surface area contributed by atoms with Crippen molar-refractivity contribution < 1.29 is 22.7 Å². The Kier molecular flexibility index (Phi) is 7.24. The van der Waals surface area contributed by atoms with Crippen molar-refractivity contribution in [1.29, 1.82) is 0 Å². The first kappa shape index (κ1) is 21.5. The third-order valence-corrected chi connectivity index (χ3v) is 4.39. The molecule has 2 amide bonds. The van der Waals surface area contributed by atoms with Crippen LogP contribution in [0.1, 0.15) is 20.7 Å². The molecule has 2 rings (SSSR count). The maximum atomic E-state index is 12.2. The van der Waals surface area contributed by atoms with E-state index in [2.05, 4.69) is 15.4 Å². The van der Waals surface area contributed by atoms with Gasteiger partial charge in [0.1, 0.15) is 5.75 Å². The molecule has 150 valence electrons. The number of halogens is 1. The van der Waals surface area contributed by atoms with Crippen LogP contribution in [-0.4, -0.2) is 46.7 Å². The molecule has 0 unspecified atom stereocenters. The maximum absolute atomic E-state index is 12.2. The van der Waals surface area contributed by atoms with Gasteiger partial charge in [0.25, 0.3) is 11.8 Å². The molecule has 0 spiro atoms. The van der Waals surface area contributed by atoms with Crippen molar-refractivity contribution in [3.8, 4) is 5.75 Å². The summed E-state index contributed by atoms with van der Waals surface area (Å²) in [5.41, 5.74) is 1.03. The van der Waals surface area contributed by atoms with Crippen LogP contribution in [0.25, 0.3) is 0 Å². The minimum Gasteiger partial charge on any atom is -0.496 e. The predicted octanol–water partition coefficient (Wildman–Crippen LogP) is 1.88. The summed E-state index contributed by atoms with van der Waals surface area (Å²) in [6.07, 6.45) is 1.04. The SMILES string of the molecule is COc1ccc(Cl)cc1C(=O)NCCNC(=O)c1ccc(NS(C)(=O)=O)cc1.